The molecule has 1 N–H and O–H groups in total. The van der Waals surface area contributed by atoms with Crippen molar-refractivity contribution in [2.75, 3.05) is 6.54 Å². The first-order chi connectivity index (χ1) is 8.70. The van der Waals surface area contributed by atoms with Crippen molar-refractivity contribution in [2.24, 2.45) is 0 Å². The SMILES string of the molecule is CCCNCc1ccc(-c2ccc(C)cc2Br)o1. The van der Waals surface area contributed by atoms with Gasteiger partial charge in [-0.15, -0.1) is 0 Å². The monoisotopic (exact) mass is 307 g/mol. The van der Waals surface area contributed by atoms with Crippen LogP contribution in [0.25, 0.3) is 11.3 Å². The molecule has 0 unspecified atom stereocenters. The predicted octanol–water partition coefficient (Wildman–Crippen LogP) is 4.52. The highest BCUT2D eigenvalue weighted by Crippen LogP contribution is 2.30. The lowest BCUT2D eigenvalue weighted by Crippen LogP contribution is -2.12. The van der Waals surface area contributed by atoms with Crippen molar-refractivity contribution in [2.45, 2.75) is 26.8 Å². The molecule has 3 heteroatoms. The second kappa shape index (κ2) is 6.21. The second-order valence-corrected chi connectivity index (χ2v) is 5.28. The molecular formula is C15H18BrNO. The Balaban J connectivity index is 2.13. The van der Waals surface area contributed by atoms with E-state index in [0.29, 0.717) is 0 Å². The maximum absolute atomic E-state index is 5.84. The molecule has 0 aliphatic carbocycles. The zero-order chi connectivity index (χ0) is 13.0. The summed E-state index contributed by atoms with van der Waals surface area (Å²) in [6.07, 6.45) is 1.14. The van der Waals surface area contributed by atoms with Crippen molar-refractivity contribution in [3.8, 4) is 11.3 Å². The lowest BCUT2D eigenvalue weighted by molar-refractivity contribution is 0.493. The van der Waals surface area contributed by atoms with E-state index < -0.39 is 0 Å². The predicted molar refractivity (Wildman–Crippen MR) is 78.6 cm³/mol. The number of aryl methyl sites for hydroxylation is 1. The largest absolute Gasteiger partial charge is 0.460 e. The van der Waals surface area contributed by atoms with E-state index in [4.69, 9.17) is 4.42 Å². The van der Waals surface area contributed by atoms with Crippen LogP contribution in [0.5, 0.6) is 0 Å². The fraction of sp³-hybridized carbons (Fsp3) is 0.333. The number of furan rings is 1. The van der Waals surface area contributed by atoms with Crippen LogP contribution in [0, 0.1) is 6.92 Å². The summed E-state index contributed by atoms with van der Waals surface area (Å²) in [5.41, 5.74) is 2.34. The van der Waals surface area contributed by atoms with Gasteiger partial charge in [0.2, 0.25) is 0 Å². The van der Waals surface area contributed by atoms with Gasteiger partial charge < -0.3 is 9.73 Å². The minimum absolute atomic E-state index is 0.789. The Morgan fingerprint density at radius 1 is 1.22 bits per heavy atom. The average molecular weight is 308 g/mol. The van der Waals surface area contributed by atoms with Crippen LogP contribution in [0.1, 0.15) is 24.7 Å². The lowest BCUT2D eigenvalue weighted by Gasteiger charge is -2.03. The highest BCUT2D eigenvalue weighted by Gasteiger charge is 2.08. The van der Waals surface area contributed by atoms with E-state index in [0.717, 1.165) is 41.1 Å². The first-order valence-electron chi connectivity index (χ1n) is 6.26. The zero-order valence-corrected chi connectivity index (χ0v) is 12.4. The van der Waals surface area contributed by atoms with Crippen LogP contribution in [-0.4, -0.2) is 6.54 Å². The third-order valence-corrected chi connectivity index (χ3v) is 3.43. The smallest absolute Gasteiger partial charge is 0.135 e. The van der Waals surface area contributed by atoms with Gasteiger partial charge in [-0.25, -0.2) is 0 Å². The summed E-state index contributed by atoms with van der Waals surface area (Å²) >= 11 is 3.58. The molecule has 0 aliphatic rings. The Labute approximate surface area is 117 Å². The van der Waals surface area contributed by atoms with E-state index in [1.807, 2.05) is 12.1 Å². The molecule has 0 fully saturated rings. The van der Waals surface area contributed by atoms with Gasteiger partial charge in [0.25, 0.3) is 0 Å². The average Bonchev–Trinajstić information content (AvgIpc) is 2.78. The van der Waals surface area contributed by atoms with Gasteiger partial charge in [-0.05, 0) is 49.7 Å². The van der Waals surface area contributed by atoms with E-state index in [1.54, 1.807) is 0 Å². The van der Waals surface area contributed by atoms with Crippen molar-refractivity contribution in [1.82, 2.24) is 5.32 Å². The quantitative estimate of drug-likeness (QED) is 0.822. The molecule has 0 spiro atoms. The molecule has 2 rings (SSSR count). The fourth-order valence-corrected chi connectivity index (χ4v) is 2.51. The zero-order valence-electron chi connectivity index (χ0n) is 10.8. The highest BCUT2D eigenvalue weighted by atomic mass is 79.9. The number of benzene rings is 1. The van der Waals surface area contributed by atoms with Gasteiger partial charge in [0, 0.05) is 10.0 Å². The van der Waals surface area contributed by atoms with E-state index in [1.165, 1.54) is 5.56 Å². The molecule has 1 aromatic heterocycles. The standard InChI is InChI=1S/C15H18BrNO/c1-3-8-17-10-12-5-7-15(18-12)13-6-4-11(2)9-14(13)16/h4-7,9,17H,3,8,10H2,1-2H3. The van der Waals surface area contributed by atoms with E-state index in [-0.39, 0.29) is 0 Å². The topological polar surface area (TPSA) is 25.2 Å². The highest BCUT2D eigenvalue weighted by molar-refractivity contribution is 9.10. The molecule has 1 heterocycles. The van der Waals surface area contributed by atoms with Crippen LogP contribution in [0.2, 0.25) is 0 Å². The number of nitrogens with one attached hydrogen (secondary N) is 1. The molecule has 96 valence electrons. The Bertz CT molecular complexity index is 519. The van der Waals surface area contributed by atoms with Gasteiger partial charge in [0.15, 0.2) is 0 Å². The number of hydrogen-bond acceptors (Lipinski definition) is 2. The molecule has 0 bridgehead atoms. The van der Waals surface area contributed by atoms with Crippen molar-refractivity contribution in [3.63, 3.8) is 0 Å². The molecule has 0 saturated heterocycles. The van der Waals surface area contributed by atoms with Crippen LogP contribution >= 0.6 is 15.9 Å². The Morgan fingerprint density at radius 2 is 2.06 bits per heavy atom. The van der Waals surface area contributed by atoms with Gasteiger partial charge in [-0.3, -0.25) is 0 Å². The summed E-state index contributed by atoms with van der Waals surface area (Å²) < 4.78 is 6.92. The van der Waals surface area contributed by atoms with Crippen molar-refractivity contribution in [1.29, 1.82) is 0 Å². The van der Waals surface area contributed by atoms with Crippen molar-refractivity contribution in [3.05, 3.63) is 46.1 Å². The molecule has 0 atom stereocenters. The van der Waals surface area contributed by atoms with Crippen LogP contribution in [0.15, 0.2) is 39.2 Å². The van der Waals surface area contributed by atoms with Crippen LogP contribution in [-0.2, 0) is 6.54 Å². The second-order valence-electron chi connectivity index (χ2n) is 4.43. The van der Waals surface area contributed by atoms with Gasteiger partial charge in [-0.1, -0.05) is 28.9 Å². The van der Waals surface area contributed by atoms with Gasteiger partial charge >= 0.3 is 0 Å². The molecular weight excluding hydrogens is 290 g/mol. The number of hydrogen-bond donors (Lipinski definition) is 1. The molecule has 0 amide bonds. The van der Waals surface area contributed by atoms with Crippen LogP contribution in [0.4, 0.5) is 0 Å². The Kier molecular flexibility index (Phi) is 4.61. The van der Waals surface area contributed by atoms with Crippen molar-refractivity contribution >= 4 is 15.9 Å². The molecule has 2 aromatic rings. The molecule has 1 aromatic carbocycles. The number of rotatable bonds is 5. The summed E-state index contributed by atoms with van der Waals surface area (Å²) in [7, 11) is 0. The molecule has 0 aliphatic heterocycles. The summed E-state index contributed by atoms with van der Waals surface area (Å²) in [4.78, 5) is 0. The minimum Gasteiger partial charge on any atom is -0.460 e. The summed E-state index contributed by atoms with van der Waals surface area (Å²) in [5.74, 6) is 1.89. The summed E-state index contributed by atoms with van der Waals surface area (Å²) in [5, 5.41) is 3.33. The third-order valence-electron chi connectivity index (χ3n) is 2.78. The van der Waals surface area contributed by atoms with E-state index >= 15 is 0 Å². The fourth-order valence-electron chi connectivity index (χ4n) is 1.83. The first kappa shape index (κ1) is 13.4. The lowest BCUT2D eigenvalue weighted by atomic mass is 10.1. The maximum Gasteiger partial charge on any atom is 0.135 e. The molecule has 2 nitrogen and oxygen atoms in total. The summed E-state index contributed by atoms with van der Waals surface area (Å²) in [6.45, 7) is 6.04. The first-order valence-corrected chi connectivity index (χ1v) is 7.06. The van der Waals surface area contributed by atoms with Gasteiger partial charge in [0.1, 0.15) is 11.5 Å². The Morgan fingerprint density at radius 3 is 2.78 bits per heavy atom. The minimum atomic E-state index is 0.789. The molecule has 0 saturated carbocycles. The van der Waals surface area contributed by atoms with Gasteiger partial charge in [0.05, 0.1) is 6.54 Å². The Hall–Kier alpha value is -1.06. The third kappa shape index (κ3) is 3.24. The van der Waals surface area contributed by atoms with Crippen LogP contribution in [0.3, 0.4) is 0 Å². The molecule has 0 radical (unpaired) electrons. The normalized spacial score (nSPS) is 10.8. The van der Waals surface area contributed by atoms with E-state index in [2.05, 4.69) is 53.3 Å². The summed E-state index contributed by atoms with van der Waals surface area (Å²) in [6, 6.07) is 10.3. The van der Waals surface area contributed by atoms with Crippen molar-refractivity contribution < 1.29 is 4.42 Å². The van der Waals surface area contributed by atoms with Crippen LogP contribution < -0.4 is 5.32 Å². The molecule has 18 heavy (non-hydrogen) atoms. The van der Waals surface area contributed by atoms with E-state index in [9.17, 15) is 0 Å². The maximum atomic E-state index is 5.84. The number of halogens is 1. The van der Waals surface area contributed by atoms with Gasteiger partial charge in [-0.2, -0.15) is 0 Å².